The van der Waals surface area contributed by atoms with Gasteiger partial charge in [0, 0.05) is 29.5 Å². The number of halogens is 1. The minimum Gasteiger partial charge on any atom is -0.309 e. The summed E-state index contributed by atoms with van der Waals surface area (Å²) < 4.78 is 14.0. The maximum absolute atomic E-state index is 14.0. The molecule has 0 aromatic heterocycles. The van der Waals surface area contributed by atoms with Crippen LogP contribution in [-0.2, 0) is 6.54 Å². The molecule has 2 atom stereocenters. The lowest BCUT2D eigenvalue weighted by atomic mass is 10.1. The summed E-state index contributed by atoms with van der Waals surface area (Å²) in [6.07, 6.45) is 3.47. The average Bonchev–Trinajstić information content (AvgIpc) is 2.85. The first-order valence-electron chi connectivity index (χ1n) is 6.90. The van der Waals surface area contributed by atoms with Crippen molar-refractivity contribution in [3.8, 4) is 0 Å². The van der Waals surface area contributed by atoms with Crippen LogP contribution in [-0.4, -0.2) is 22.0 Å². The van der Waals surface area contributed by atoms with E-state index in [0.717, 1.165) is 12.2 Å². The van der Waals surface area contributed by atoms with Crippen LogP contribution >= 0.6 is 11.8 Å². The van der Waals surface area contributed by atoms with Gasteiger partial charge in [-0.15, -0.1) is 0 Å². The second-order valence-corrected chi connectivity index (χ2v) is 6.44. The number of nitrogens with zero attached hydrogens (tertiary/aromatic N) is 1. The molecule has 0 amide bonds. The van der Waals surface area contributed by atoms with E-state index >= 15 is 0 Å². The Bertz CT molecular complexity index is 484. The molecule has 0 saturated heterocycles. The van der Waals surface area contributed by atoms with Gasteiger partial charge in [0.1, 0.15) is 0 Å². The standard InChI is InChI=1S/C14H19FN2O2S/c1-2-20-13-8-4-6-11(13)16-9-10-5-3-7-12(14(10)15)17(18)19/h3,5,7,11,13,16H,2,4,6,8-9H2,1H3. The molecule has 0 spiro atoms. The number of rotatable bonds is 6. The summed E-state index contributed by atoms with van der Waals surface area (Å²) in [5.74, 6) is 0.358. The number of hydrogen-bond donors (Lipinski definition) is 1. The highest BCUT2D eigenvalue weighted by atomic mass is 32.2. The Morgan fingerprint density at radius 2 is 2.30 bits per heavy atom. The van der Waals surface area contributed by atoms with Crippen LogP contribution in [0.25, 0.3) is 0 Å². The summed E-state index contributed by atoms with van der Waals surface area (Å²) >= 11 is 1.93. The number of thioether (sulfide) groups is 1. The van der Waals surface area contributed by atoms with Crippen LogP contribution in [0.15, 0.2) is 18.2 Å². The van der Waals surface area contributed by atoms with Crippen LogP contribution in [0.3, 0.4) is 0 Å². The van der Waals surface area contributed by atoms with Gasteiger partial charge in [0.05, 0.1) is 4.92 Å². The zero-order valence-electron chi connectivity index (χ0n) is 11.5. The van der Waals surface area contributed by atoms with E-state index in [1.165, 1.54) is 25.0 Å². The Kier molecular flexibility index (Phi) is 5.37. The molecule has 1 fully saturated rings. The van der Waals surface area contributed by atoms with Gasteiger partial charge in [-0.3, -0.25) is 10.1 Å². The molecule has 4 nitrogen and oxygen atoms in total. The summed E-state index contributed by atoms with van der Waals surface area (Å²) in [4.78, 5) is 10.0. The first kappa shape index (κ1) is 15.3. The Labute approximate surface area is 122 Å². The molecular weight excluding hydrogens is 279 g/mol. The number of hydrogen-bond acceptors (Lipinski definition) is 4. The fourth-order valence-electron chi connectivity index (χ4n) is 2.66. The summed E-state index contributed by atoms with van der Waals surface area (Å²) in [5, 5.41) is 14.6. The Hall–Kier alpha value is -1.14. The molecule has 1 aliphatic carbocycles. The van der Waals surface area contributed by atoms with Crippen molar-refractivity contribution in [3.63, 3.8) is 0 Å². The smallest absolute Gasteiger partial charge is 0.305 e. The van der Waals surface area contributed by atoms with Crippen molar-refractivity contribution >= 4 is 17.4 Å². The first-order valence-corrected chi connectivity index (χ1v) is 7.95. The van der Waals surface area contributed by atoms with Crippen LogP contribution in [0, 0.1) is 15.9 Å². The van der Waals surface area contributed by atoms with E-state index in [4.69, 9.17) is 0 Å². The second kappa shape index (κ2) is 7.04. The highest BCUT2D eigenvalue weighted by Crippen LogP contribution is 2.30. The number of nitro groups is 1. The van der Waals surface area contributed by atoms with Crippen LogP contribution in [0.4, 0.5) is 10.1 Å². The minimum atomic E-state index is -0.720. The van der Waals surface area contributed by atoms with Gasteiger partial charge in [0.15, 0.2) is 0 Å². The molecule has 0 heterocycles. The van der Waals surface area contributed by atoms with Crippen molar-refractivity contribution in [1.29, 1.82) is 0 Å². The molecule has 1 N–H and O–H groups in total. The quantitative estimate of drug-likeness (QED) is 0.645. The van der Waals surface area contributed by atoms with Gasteiger partial charge in [-0.25, -0.2) is 0 Å². The average molecular weight is 298 g/mol. The van der Waals surface area contributed by atoms with E-state index in [1.807, 2.05) is 11.8 Å². The van der Waals surface area contributed by atoms with E-state index in [0.29, 0.717) is 23.4 Å². The third kappa shape index (κ3) is 3.49. The van der Waals surface area contributed by atoms with Gasteiger partial charge in [-0.1, -0.05) is 25.5 Å². The molecule has 0 aliphatic heterocycles. The zero-order chi connectivity index (χ0) is 14.5. The van der Waals surface area contributed by atoms with E-state index in [1.54, 1.807) is 6.07 Å². The van der Waals surface area contributed by atoms with Gasteiger partial charge in [-0.05, 0) is 18.6 Å². The predicted octanol–water partition coefficient (Wildman–Crippen LogP) is 3.50. The van der Waals surface area contributed by atoms with Gasteiger partial charge in [0.25, 0.3) is 0 Å². The third-order valence-electron chi connectivity index (χ3n) is 3.64. The van der Waals surface area contributed by atoms with Crippen molar-refractivity contribution in [2.75, 3.05) is 5.75 Å². The molecule has 1 aromatic rings. The Morgan fingerprint density at radius 1 is 1.50 bits per heavy atom. The SMILES string of the molecule is CCSC1CCCC1NCc1cccc([N+](=O)[O-])c1F. The molecule has 0 radical (unpaired) electrons. The lowest BCUT2D eigenvalue weighted by Crippen LogP contribution is -2.34. The molecule has 20 heavy (non-hydrogen) atoms. The third-order valence-corrected chi connectivity index (χ3v) is 4.97. The second-order valence-electron chi connectivity index (χ2n) is 4.92. The summed E-state index contributed by atoms with van der Waals surface area (Å²) in [6, 6.07) is 4.71. The lowest BCUT2D eigenvalue weighted by molar-refractivity contribution is -0.387. The van der Waals surface area contributed by atoms with E-state index in [9.17, 15) is 14.5 Å². The molecule has 1 aromatic carbocycles. The molecule has 1 aliphatic rings. The molecule has 2 rings (SSSR count). The van der Waals surface area contributed by atoms with Crippen LogP contribution in [0.2, 0.25) is 0 Å². The van der Waals surface area contributed by atoms with Crippen molar-refractivity contribution in [1.82, 2.24) is 5.32 Å². The molecular formula is C14H19FN2O2S. The molecule has 2 unspecified atom stereocenters. The highest BCUT2D eigenvalue weighted by Gasteiger charge is 2.27. The van der Waals surface area contributed by atoms with Gasteiger partial charge < -0.3 is 5.32 Å². The minimum absolute atomic E-state index is 0.346. The Morgan fingerprint density at radius 3 is 3.00 bits per heavy atom. The number of benzene rings is 1. The molecule has 110 valence electrons. The van der Waals surface area contributed by atoms with Crippen LogP contribution in [0.5, 0.6) is 0 Å². The first-order chi connectivity index (χ1) is 9.63. The summed E-state index contributed by atoms with van der Waals surface area (Å²) in [5.41, 5.74) is -0.0819. The fraction of sp³-hybridized carbons (Fsp3) is 0.571. The number of nitrogens with one attached hydrogen (secondary N) is 1. The van der Waals surface area contributed by atoms with Gasteiger partial charge >= 0.3 is 5.69 Å². The van der Waals surface area contributed by atoms with Crippen molar-refractivity contribution in [2.45, 2.75) is 44.0 Å². The monoisotopic (exact) mass is 298 g/mol. The molecule has 1 saturated carbocycles. The van der Waals surface area contributed by atoms with E-state index in [2.05, 4.69) is 12.2 Å². The molecule has 0 bridgehead atoms. The zero-order valence-corrected chi connectivity index (χ0v) is 12.3. The Balaban J connectivity index is 2.00. The maximum Gasteiger partial charge on any atom is 0.305 e. The van der Waals surface area contributed by atoms with Crippen molar-refractivity contribution in [2.24, 2.45) is 0 Å². The topological polar surface area (TPSA) is 55.2 Å². The predicted molar refractivity (Wildman–Crippen MR) is 79.5 cm³/mol. The van der Waals surface area contributed by atoms with E-state index in [-0.39, 0.29) is 0 Å². The normalized spacial score (nSPS) is 22.1. The van der Waals surface area contributed by atoms with Gasteiger partial charge in [0.2, 0.25) is 5.82 Å². The summed E-state index contributed by atoms with van der Waals surface area (Å²) in [7, 11) is 0. The highest BCUT2D eigenvalue weighted by molar-refractivity contribution is 7.99. The van der Waals surface area contributed by atoms with Crippen LogP contribution < -0.4 is 5.32 Å². The van der Waals surface area contributed by atoms with Crippen molar-refractivity contribution < 1.29 is 9.31 Å². The van der Waals surface area contributed by atoms with Crippen LogP contribution in [0.1, 0.15) is 31.7 Å². The summed E-state index contributed by atoms with van der Waals surface area (Å²) in [6.45, 7) is 2.49. The van der Waals surface area contributed by atoms with Gasteiger partial charge in [-0.2, -0.15) is 16.2 Å². The number of nitro benzene ring substituents is 1. The maximum atomic E-state index is 14.0. The van der Waals surface area contributed by atoms with Crippen molar-refractivity contribution in [3.05, 3.63) is 39.7 Å². The molecule has 6 heteroatoms. The van der Waals surface area contributed by atoms with E-state index < -0.39 is 16.4 Å². The lowest BCUT2D eigenvalue weighted by Gasteiger charge is -2.20. The fourth-order valence-corrected chi connectivity index (χ4v) is 3.88. The largest absolute Gasteiger partial charge is 0.309 e.